The van der Waals surface area contributed by atoms with E-state index in [0.29, 0.717) is 18.1 Å². The van der Waals surface area contributed by atoms with Crippen LogP contribution in [0.5, 0.6) is 0 Å². The lowest BCUT2D eigenvalue weighted by Gasteiger charge is -2.23. The van der Waals surface area contributed by atoms with Crippen molar-refractivity contribution in [3.05, 3.63) is 60.2 Å². The summed E-state index contributed by atoms with van der Waals surface area (Å²) in [4.78, 5) is 18.3. The average molecular weight is 280 g/mol. The van der Waals surface area contributed by atoms with Gasteiger partial charge in [-0.3, -0.25) is 4.79 Å². The van der Waals surface area contributed by atoms with Crippen molar-refractivity contribution in [2.45, 2.75) is 6.92 Å². The molecule has 0 aliphatic heterocycles. The van der Waals surface area contributed by atoms with Gasteiger partial charge in [0.1, 0.15) is 0 Å². The van der Waals surface area contributed by atoms with Crippen LogP contribution in [0.4, 0.5) is 0 Å². The second-order valence-electron chi connectivity index (χ2n) is 4.44. The van der Waals surface area contributed by atoms with E-state index in [-0.39, 0.29) is 5.91 Å². The molecule has 2 rings (SSSR count). The third kappa shape index (κ3) is 3.00. The van der Waals surface area contributed by atoms with E-state index in [4.69, 9.17) is 5.26 Å². The van der Waals surface area contributed by atoms with E-state index in [1.54, 1.807) is 28.9 Å². The molecule has 1 heterocycles. The van der Waals surface area contributed by atoms with Crippen molar-refractivity contribution >= 4 is 11.6 Å². The standard InChI is InChI=1S/C16H16N4O/c1-3-20(16(21)15-18-11-12-19(15)2)14(9-10-17)13-7-5-4-6-8-13/h4-9,11-12H,3H2,1-2H3/b14-9-. The number of amides is 1. The van der Waals surface area contributed by atoms with Gasteiger partial charge in [-0.25, -0.2) is 4.98 Å². The number of nitrogens with zero attached hydrogens (tertiary/aromatic N) is 4. The first-order valence-electron chi connectivity index (χ1n) is 6.63. The zero-order valence-corrected chi connectivity index (χ0v) is 12.0. The highest BCUT2D eigenvalue weighted by molar-refractivity contribution is 5.97. The van der Waals surface area contributed by atoms with E-state index >= 15 is 0 Å². The van der Waals surface area contributed by atoms with Crippen LogP contribution in [-0.4, -0.2) is 26.9 Å². The molecule has 0 bridgehead atoms. The number of nitriles is 1. The average Bonchev–Trinajstić information content (AvgIpc) is 2.94. The molecule has 0 unspecified atom stereocenters. The van der Waals surface area contributed by atoms with E-state index in [1.807, 2.05) is 43.3 Å². The highest BCUT2D eigenvalue weighted by Crippen LogP contribution is 2.20. The molecule has 1 aromatic heterocycles. The second-order valence-corrected chi connectivity index (χ2v) is 4.44. The smallest absolute Gasteiger partial charge is 0.294 e. The van der Waals surface area contributed by atoms with Gasteiger partial charge in [-0.05, 0) is 12.5 Å². The molecular weight excluding hydrogens is 264 g/mol. The predicted molar refractivity (Wildman–Crippen MR) is 80.0 cm³/mol. The number of hydrogen-bond acceptors (Lipinski definition) is 3. The summed E-state index contributed by atoms with van der Waals surface area (Å²) in [7, 11) is 1.77. The Bertz CT molecular complexity index is 695. The number of allylic oxidation sites excluding steroid dienone is 1. The van der Waals surface area contributed by atoms with Crippen molar-refractivity contribution in [2.24, 2.45) is 7.05 Å². The van der Waals surface area contributed by atoms with Crippen molar-refractivity contribution in [1.82, 2.24) is 14.5 Å². The van der Waals surface area contributed by atoms with Gasteiger partial charge in [0, 0.05) is 32.1 Å². The third-order valence-electron chi connectivity index (χ3n) is 3.14. The van der Waals surface area contributed by atoms with Crippen LogP contribution >= 0.6 is 0 Å². The van der Waals surface area contributed by atoms with Crippen LogP contribution in [0.2, 0.25) is 0 Å². The van der Waals surface area contributed by atoms with Crippen LogP contribution in [0.3, 0.4) is 0 Å². The van der Waals surface area contributed by atoms with Gasteiger partial charge in [-0.2, -0.15) is 5.26 Å². The summed E-state index contributed by atoms with van der Waals surface area (Å²) >= 11 is 0. The van der Waals surface area contributed by atoms with Gasteiger partial charge >= 0.3 is 0 Å². The Morgan fingerprint density at radius 1 is 1.43 bits per heavy atom. The SMILES string of the molecule is CCN(C(=O)c1nccn1C)/C(=C\C#N)c1ccccc1. The lowest BCUT2D eigenvalue weighted by molar-refractivity contribution is 0.0826. The molecule has 0 aliphatic carbocycles. The molecule has 1 aromatic carbocycles. The van der Waals surface area contributed by atoms with Crippen LogP contribution in [-0.2, 0) is 7.05 Å². The Balaban J connectivity index is 2.43. The minimum Gasteiger partial charge on any atom is -0.330 e. The van der Waals surface area contributed by atoms with Crippen LogP contribution < -0.4 is 0 Å². The number of benzene rings is 1. The first-order chi connectivity index (χ1) is 10.2. The van der Waals surface area contributed by atoms with Crippen molar-refractivity contribution in [3.8, 4) is 6.07 Å². The van der Waals surface area contributed by atoms with Crippen LogP contribution in [0.25, 0.3) is 5.70 Å². The van der Waals surface area contributed by atoms with E-state index in [9.17, 15) is 4.79 Å². The van der Waals surface area contributed by atoms with Crippen molar-refractivity contribution in [1.29, 1.82) is 5.26 Å². The molecule has 106 valence electrons. The molecule has 2 aromatic rings. The quantitative estimate of drug-likeness (QED) is 0.808. The molecule has 0 aliphatic rings. The predicted octanol–water partition coefficient (Wildman–Crippen LogP) is 2.45. The first-order valence-corrected chi connectivity index (χ1v) is 6.63. The number of aryl methyl sites for hydroxylation is 1. The fourth-order valence-corrected chi connectivity index (χ4v) is 2.10. The molecule has 0 N–H and O–H groups in total. The summed E-state index contributed by atoms with van der Waals surface area (Å²) in [6, 6.07) is 11.4. The number of carbonyl (C=O) groups is 1. The van der Waals surface area contributed by atoms with Crippen LogP contribution in [0, 0.1) is 11.3 Å². The van der Waals surface area contributed by atoms with Crippen molar-refractivity contribution in [2.75, 3.05) is 6.54 Å². The summed E-state index contributed by atoms with van der Waals surface area (Å²) in [6.07, 6.45) is 4.69. The molecule has 5 nitrogen and oxygen atoms in total. The van der Waals surface area contributed by atoms with Gasteiger partial charge in [-0.1, -0.05) is 30.3 Å². The Morgan fingerprint density at radius 3 is 2.67 bits per heavy atom. The van der Waals surface area contributed by atoms with Crippen LogP contribution in [0.15, 0.2) is 48.8 Å². The highest BCUT2D eigenvalue weighted by atomic mass is 16.2. The van der Waals surface area contributed by atoms with Gasteiger partial charge in [0.15, 0.2) is 5.82 Å². The molecule has 0 radical (unpaired) electrons. The molecule has 21 heavy (non-hydrogen) atoms. The Hall–Kier alpha value is -2.87. The molecule has 1 amide bonds. The minimum atomic E-state index is -0.227. The summed E-state index contributed by atoms with van der Waals surface area (Å²) in [5, 5.41) is 9.02. The number of hydrogen-bond donors (Lipinski definition) is 0. The number of rotatable bonds is 4. The number of carbonyl (C=O) groups excluding carboxylic acids is 1. The largest absolute Gasteiger partial charge is 0.330 e. The lowest BCUT2D eigenvalue weighted by atomic mass is 10.1. The molecule has 0 saturated carbocycles. The Kier molecular flexibility index (Phi) is 4.52. The maximum atomic E-state index is 12.6. The van der Waals surface area contributed by atoms with Crippen molar-refractivity contribution in [3.63, 3.8) is 0 Å². The number of aromatic nitrogens is 2. The first kappa shape index (κ1) is 14.5. The Labute approximate surface area is 123 Å². The molecule has 0 spiro atoms. The van der Waals surface area contributed by atoms with Gasteiger partial charge in [0.25, 0.3) is 5.91 Å². The van der Waals surface area contributed by atoms with E-state index in [0.717, 1.165) is 5.56 Å². The Morgan fingerprint density at radius 2 is 2.14 bits per heavy atom. The van der Waals surface area contributed by atoms with Crippen molar-refractivity contribution < 1.29 is 4.79 Å². The molecule has 5 heteroatoms. The summed E-state index contributed by atoms with van der Waals surface area (Å²) in [5.74, 6) is 0.118. The normalized spacial score (nSPS) is 11.0. The van der Waals surface area contributed by atoms with Gasteiger partial charge in [-0.15, -0.1) is 0 Å². The van der Waals surface area contributed by atoms with E-state index in [2.05, 4.69) is 4.98 Å². The topological polar surface area (TPSA) is 61.9 Å². The van der Waals surface area contributed by atoms with E-state index in [1.165, 1.54) is 6.08 Å². The maximum absolute atomic E-state index is 12.6. The summed E-state index contributed by atoms with van der Waals surface area (Å²) in [5.41, 5.74) is 1.40. The minimum absolute atomic E-state index is 0.227. The summed E-state index contributed by atoms with van der Waals surface area (Å²) in [6.45, 7) is 2.32. The summed E-state index contributed by atoms with van der Waals surface area (Å²) < 4.78 is 1.67. The molecule has 0 saturated heterocycles. The zero-order valence-electron chi connectivity index (χ0n) is 12.0. The van der Waals surface area contributed by atoms with Gasteiger partial charge in [0.2, 0.25) is 0 Å². The lowest BCUT2D eigenvalue weighted by Crippen LogP contribution is -2.31. The van der Waals surface area contributed by atoms with Crippen LogP contribution in [0.1, 0.15) is 23.1 Å². The van der Waals surface area contributed by atoms with Gasteiger partial charge < -0.3 is 9.47 Å². The highest BCUT2D eigenvalue weighted by Gasteiger charge is 2.22. The molecule has 0 atom stereocenters. The zero-order chi connectivity index (χ0) is 15.2. The molecular formula is C16H16N4O. The third-order valence-corrected chi connectivity index (χ3v) is 3.14. The van der Waals surface area contributed by atoms with Gasteiger partial charge in [0.05, 0.1) is 11.8 Å². The number of imidazole rings is 1. The fraction of sp³-hybridized carbons (Fsp3) is 0.188. The molecule has 0 fully saturated rings. The fourth-order valence-electron chi connectivity index (χ4n) is 2.10. The maximum Gasteiger partial charge on any atom is 0.294 e. The second kappa shape index (κ2) is 6.53. The monoisotopic (exact) mass is 280 g/mol. The van der Waals surface area contributed by atoms with E-state index < -0.39 is 0 Å².